The minimum absolute atomic E-state index is 0.0346. The maximum absolute atomic E-state index is 11.7. The SMILES string of the molecule is COc1ccccc1[C@@H](C)NCC(=O)NCCC(C)C. The Morgan fingerprint density at radius 3 is 2.60 bits per heavy atom. The van der Waals surface area contributed by atoms with E-state index in [1.807, 2.05) is 31.2 Å². The molecule has 0 radical (unpaired) electrons. The fourth-order valence-electron chi connectivity index (χ4n) is 1.94. The summed E-state index contributed by atoms with van der Waals surface area (Å²) >= 11 is 0. The Morgan fingerprint density at radius 2 is 1.95 bits per heavy atom. The van der Waals surface area contributed by atoms with Crippen molar-refractivity contribution in [2.75, 3.05) is 20.2 Å². The van der Waals surface area contributed by atoms with Crippen molar-refractivity contribution < 1.29 is 9.53 Å². The Bertz CT molecular complexity index is 419. The molecule has 0 fully saturated rings. The first-order valence-electron chi connectivity index (χ1n) is 7.17. The summed E-state index contributed by atoms with van der Waals surface area (Å²) in [6.45, 7) is 7.38. The van der Waals surface area contributed by atoms with Gasteiger partial charge in [-0.25, -0.2) is 0 Å². The molecule has 0 heterocycles. The van der Waals surface area contributed by atoms with Crippen LogP contribution < -0.4 is 15.4 Å². The largest absolute Gasteiger partial charge is 0.496 e. The molecule has 1 aromatic carbocycles. The van der Waals surface area contributed by atoms with E-state index >= 15 is 0 Å². The van der Waals surface area contributed by atoms with Gasteiger partial charge in [0.05, 0.1) is 13.7 Å². The van der Waals surface area contributed by atoms with E-state index < -0.39 is 0 Å². The molecule has 1 atom stereocenters. The smallest absolute Gasteiger partial charge is 0.233 e. The second-order valence-electron chi connectivity index (χ2n) is 5.38. The number of methoxy groups -OCH3 is 1. The van der Waals surface area contributed by atoms with Crippen molar-refractivity contribution in [3.63, 3.8) is 0 Å². The number of hydrogen-bond donors (Lipinski definition) is 2. The molecule has 2 N–H and O–H groups in total. The lowest BCUT2D eigenvalue weighted by atomic mass is 10.1. The zero-order chi connectivity index (χ0) is 15.0. The van der Waals surface area contributed by atoms with Crippen LogP contribution in [0.4, 0.5) is 0 Å². The third kappa shape index (κ3) is 5.61. The summed E-state index contributed by atoms with van der Waals surface area (Å²) in [5.41, 5.74) is 1.06. The lowest BCUT2D eigenvalue weighted by Crippen LogP contribution is -2.35. The van der Waals surface area contributed by atoms with E-state index in [1.165, 1.54) is 0 Å². The number of benzene rings is 1. The predicted octanol–water partition coefficient (Wildman–Crippen LogP) is 2.51. The van der Waals surface area contributed by atoms with Crippen LogP contribution in [-0.4, -0.2) is 26.1 Å². The number of para-hydroxylation sites is 1. The van der Waals surface area contributed by atoms with Crippen molar-refractivity contribution in [2.45, 2.75) is 33.2 Å². The van der Waals surface area contributed by atoms with Gasteiger partial charge in [0.1, 0.15) is 5.75 Å². The Morgan fingerprint density at radius 1 is 1.25 bits per heavy atom. The maximum Gasteiger partial charge on any atom is 0.233 e. The molecular formula is C16H26N2O2. The highest BCUT2D eigenvalue weighted by atomic mass is 16.5. The molecule has 1 aromatic rings. The average Bonchev–Trinajstić information content (AvgIpc) is 2.44. The maximum atomic E-state index is 11.7. The molecule has 0 aromatic heterocycles. The molecule has 0 bridgehead atoms. The summed E-state index contributed by atoms with van der Waals surface area (Å²) in [4.78, 5) is 11.7. The standard InChI is InChI=1S/C16H26N2O2/c1-12(2)9-10-17-16(19)11-18-13(3)14-7-5-6-8-15(14)20-4/h5-8,12-13,18H,9-11H2,1-4H3,(H,17,19)/t13-/m1/s1. The van der Waals surface area contributed by atoms with Crippen molar-refractivity contribution in [1.82, 2.24) is 10.6 Å². The number of carbonyl (C=O) groups excluding carboxylic acids is 1. The first-order valence-corrected chi connectivity index (χ1v) is 7.17. The number of rotatable bonds is 8. The van der Waals surface area contributed by atoms with Crippen LogP contribution in [0.15, 0.2) is 24.3 Å². The zero-order valence-electron chi connectivity index (χ0n) is 12.9. The molecule has 0 saturated heterocycles. The molecule has 0 aliphatic heterocycles. The van der Waals surface area contributed by atoms with Gasteiger partial charge in [-0.1, -0.05) is 32.0 Å². The minimum atomic E-state index is 0.0346. The van der Waals surface area contributed by atoms with E-state index in [0.717, 1.165) is 24.3 Å². The van der Waals surface area contributed by atoms with Gasteiger partial charge in [0, 0.05) is 18.2 Å². The third-order valence-corrected chi connectivity index (χ3v) is 3.22. The number of hydrogen-bond acceptors (Lipinski definition) is 3. The molecule has 1 amide bonds. The molecular weight excluding hydrogens is 252 g/mol. The molecule has 0 aliphatic carbocycles. The van der Waals surface area contributed by atoms with Gasteiger partial charge in [0.25, 0.3) is 0 Å². The highest BCUT2D eigenvalue weighted by Gasteiger charge is 2.11. The van der Waals surface area contributed by atoms with Crippen LogP contribution >= 0.6 is 0 Å². The first kappa shape index (κ1) is 16.5. The van der Waals surface area contributed by atoms with Gasteiger partial charge in [-0.2, -0.15) is 0 Å². The lowest BCUT2D eigenvalue weighted by molar-refractivity contribution is -0.120. The summed E-state index contributed by atoms with van der Waals surface area (Å²) in [6, 6.07) is 7.91. The molecule has 112 valence electrons. The van der Waals surface area contributed by atoms with E-state index in [4.69, 9.17) is 4.74 Å². The number of carbonyl (C=O) groups is 1. The Hall–Kier alpha value is -1.55. The predicted molar refractivity (Wildman–Crippen MR) is 81.9 cm³/mol. The molecule has 4 heteroatoms. The summed E-state index contributed by atoms with van der Waals surface area (Å²) in [7, 11) is 1.66. The quantitative estimate of drug-likeness (QED) is 0.768. The second-order valence-corrected chi connectivity index (χ2v) is 5.38. The van der Waals surface area contributed by atoms with E-state index in [-0.39, 0.29) is 11.9 Å². The van der Waals surface area contributed by atoms with Crippen LogP contribution in [0.1, 0.15) is 38.8 Å². The summed E-state index contributed by atoms with van der Waals surface area (Å²) in [5, 5.41) is 6.14. The van der Waals surface area contributed by atoms with Crippen molar-refractivity contribution in [1.29, 1.82) is 0 Å². The summed E-state index contributed by atoms with van der Waals surface area (Å²) < 4.78 is 5.32. The molecule has 0 saturated carbocycles. The van der Waals surface area contributed by atoms with Crippen molar-refractivity contribution in [3.8, 4) is 5.75 Å². The van der Waals surface area contributed by atoms with Gasteiger partial charge < -0.3 is 15.4 Å². The molecule has 4 nitrogen and oxygen atoms in total. The Balaban J connectivity index is 2.39. The first-order chi connectivity index (χ1) is 9.54. The van der Waals surface area contributed by atoms with Gasteiger partial charge in [-0.15, -0.1) is 0 Å². The highest BCUT2D eigenvalue weighted by Crippen LogP contribution is 2.23. The topological polar surface area (TPSA) is 50.4 Å². The van der Waals surface area contributed by atoms with Crippen molar-refractivity contribution >= 4 is 5.91 Å². The van der Waals surface area contributed by atoms with Gasteiger partial charge >= 0.3 is 0 Å². The monoisotopic (exact) mass is 278 g/mol. The minimum Gasteiger partial charge on any atom is -0.496 e. The molecule has 0 unspecified atom stereocenters. The summed E-state index contributed by atoms with van der Waals surface area (Å²) in [5.74, 6) is 1.48. The van der Waals surface area contributed by atoms with Crippen LogP contribution in [0.5, 0.6) is 5.75 Å². The fraction of sp³-hybridized carbons (Fsp3) is 0.562. The number of amides is 1. The van der Waals surface area contributed by atoms with E-state index in [9.17, 15) is 4.79 Å². The van der Waals surface area contributed by atoms with E-state index in [2.05, 4.69) is 24.5 Å². The van der Waals surface area contributed by atoms with Crippen LogP contribution in [0.25, 0.3) is 0 Å². The Kier molecular flexibility index (Phi) is 7.09. The lowest BCUT2D eigenvalue weighted by Gasteiger charge is -2.17. The normalized spacial score (nSPS) is 12.2. The molecule has 20 heavy (non-hydrogen) atoms. The van der Waals surface area contributed by atoms with Gasteiger partial charge in [0.2, 0.25) is 5.91 Å². The van der Waals surface area contributed by atoms with E-state index in [1.54, 1.807) is 7.11 Å². The van der Waals surface area contributed by atoms with Crippen LogP contribution in [0, 0.1) is 5.92 Å². The van der Waals surface area contributed by atoms with Crippen LogP contribution in [-0.2, 0) is 4.79 Å². The molecule has 0 spiro atoms. The van der Waals surface area contributed by atoms with E-state index in [0.29, 0.717) is 12.5 Å². The van der Waals surface area contributed by atoms with Crippen molar-refractivity contribution in [2.24, 2.45) is 5.92 Å². The number of ether oxygens (including phenoxy) is 1. The molecule has 0 aliphatic rings. The average molecular weight is 278 g/mol. The second kappa shape index (κ2) is 8.59. The van der Waals surface area contributed by atoms with Gasteiger partial charge in [-0.3, -0.25) is 4.79 Å². The van der Waals surface area contributed by atoms with Crippen molar-refractivity contribution in [3.05, 3.63) is 29.8 Å². The Labute approximate surface area is 121 Å². The van der Waals surface area contributed by atoms with Gasteiger partial charge in [0.15, 0.2) is 0 Å². The van der Waals surface area contributed by atoms with Crippen LogP contribution in [0.2, 0.25) is 0 Å². The van der Waals surface area contributed by atoms with Gasteiger partial charge in [-0.05, 0) is 25.3 Å². The third-order valence-electron chi connectivity index (χ3n) is 3.22. The molecule has 1 rings (SSSR count). The highest BCUT2D eigenvalue weighted by molar-refractivity contribution is 5.78. The number of nitrogens with one attached hydrogen (secondary N) is 2. The zero-order valence-corrected chi connectivity index (χ0v) is 12.9. The summed E-state index contributed by atoms with van der Waals surface area (Å²) in [6.07, 6.45) is 1.01. The fourth-order valence-corrected chi connectivity index (χ4v) is 1.94. The van der Waals surface area contributed by atoms with Crippen LogP contribution in [0.3, 0.4) is 0 Å².